The van der Waals surface area contributed by atoms with E-state index in [2.05, 4.69) is 220 Å². The standard InChI is InChI=1S/C74H114NO8P/c1-6-8-10-12-14-16-18-20-22-24-26-28-30-32-34-36-37-39-41-43-45-47-49-51-53-55-57-59-61-63-65-67-74(77)83-72(71-82-84(78,79)81-69-68-75(3,4)5)70-80-73(76)66-64-62-60-58-56-54-52-50-48-46-44-42-40-38-35-33-31-29-27-25-23-21-19-17-15-13-11-9-7-2/h8-11,14-17,20-23,26-29,32-35,37,39-40,42-43,45-46,48-49,51-52,54-55,57,72H,6-7,12-13,18-19,24-25,30-31,36,38,41,44,47,50,53,56,58-71H2,1-5H3/p+1/b10-8-,11-9-,16-14-,17-15-,22-20-,23-21-,28-26-,29-27-,34-32-,35-33-,39-37-,42-40-,45-43-,48-46-,51-49-,54-52-,57-55-. The SMILES string of the molecule is CC/C=C\C/C=C\C/C=C\C/C=C\C/C=C\C/C=C\C/C=C\C/C=C\C/C=C\CCCCCC(=O)OC(COC(=O)CCCCCC/C=C\C/C=C\C/C=C\C/C=C\C/C=C\C/C=C\C/C=C\C/C=C\CC)COP(=O)(O)OCC[N+](C)(C)C. The maximum atomic E-state index is 12.8. The molecule has 0 spiro atoms. The first-order valence-electron chi connectivity index (χ1n) is 31.8. The fraction of sp³-hybridized carbons (Fsp3) is 0.514. The Morgan fingerprint density at radius 3 is 0.952 bits per heavy atom. The number of unbranched alkanes of at least 4 members (excludes halogenated alkanes) is 7. The number of quaternary nitrogens is 1. The van der Waals surface area contributed by atoms with Gasteiger partial charge in [-0.2, -0.15) is 0 Å². The minimum atomic E-state index is -4.42. The molecule has 0 rings (SSSR count). The van der Waals surface area contributed by atoms with Crippen LogP contribution < -0.4 is 0 Å². The number of allylic oxidation sites excluding steroid dienone is 34. The molecule has 0 aliphatic carbocycles. The predicted molar refractivity (Wildman–Crippen MR) is 361 cm³/mol. The third-order valence-corrected chi connectivity index (χ3v) is 13.3. The summed E-state index contributed by atoms with van der Waals surface area (Å²) in [4.78, 5) is 35.8. The van der Waals surface area contributed by atoms with Crippen LogP contribution in [0.5, 0.6) is 0 Å². The summed E-state index contributed by atoms with van der Waals surface area (Å²) in [7, 11) is 1.40. The first-order chi connectivity index (χ1) is 41.0. The number of hydrogen-bond acceptors (Lipinski definition) is 7. The van der Waals surface area contributed by atoms with Gasteiger partial charge in [0.25, 0.3) is 0 Å². The fourth-order valence-electron chi connectivity index (χ4n) is 7.49. The smallest absolute Gasteiger partial charge is 0.462 e. The molecule has 0 aromatic rings. The number of ether oxygens (including phenoxy) is 2. The molecule has 2 atom stereocenters. The van der Waals surface area contributed by atoms with Crippen LogP contribution in [0.25, 0.3) is 0 Å². The van der Waals surface area contributed by atoms with Crippen LogP contribution in [0.1, 0.15) is 194 Å². The van der Waals surface area contributed by atoms with E-state index in [1.807, 2.05) is 21.1 Å². The lowest BCUT2D eigenvalue weighted by atomic mass is 10.1. The Hall–Kier alpha value is -5.41. The highest BCUT2D eigenvalue weighted by molar-refractivity contribution is 7.47. The number of likely N-dealkylation sites (N-methyl/N-ethyl adjacent to an activating group) is 1. The summed E-state index contributed by atoms with van der Waals surface area (Å²) in [6, 6.07) is 0. The van der Waals surface area contributed by atoms with Gasteiger partial charge in [-0.05, 0) is 148 Å². The van der Waals surface area contributed by atoms with E-state index in [1.165, 1.54) is 0 Å². The molecule has 0 saturated heterocycles. The summed E-state index contributed by atoms with van der Waals surface area (Å²) >= 11 is 0. The Labute approximate surface area is 513 Å². The normalized spacial score (nSPS) is 14.6. The van der Waals surface area contributed by atoms with Crippen LogP contribution in [-0.2, 0) is 32.7 Å². The van der Waals surface area contributed by atoms with Crippen molar-refractivity contribution in [2.24, 2.45) is 0 Å². The number of hydrogen-bond donors (Lipinski definition) is 1. The van der Waals surface area contributed by atoms with Crippen molar-refractivity contribution in [3.05, 3.63) is 207 Å². The van der Waals surface area contributed by atoms with Crippen LogP contribution in [0, 0.1) is 0 Å². The molecule has 468 valence electrons. The van der Waals surface area contributed by atoms with Gasteiger partial charge in [-0.1, -0.05) is 240 Å². The minimum absolute atomic E-state index is 0.00694. The van der Waals surface area contributed by atoms with Crippen molar-refractivity contribution in [2.75, 3.05) is 47.5 Å². The Kier molecular flexibility index (Phi) is 58.1. The van der Waals surface area contributed by atoms with Gasteiger partial charge in [-0.3, -0.25) is 18.6 Å². The maximum absolute atomic E-state index is 12.8. The van der Waals surface area contributed by atoms with Gasteiger partial charge in [-0.25, -0.2) is 4.57 Å². The number of carbonyl (C=O) groups excluding carboxylic acids is 2. The summed E-state index contributed by atoms with van der Waals surface area (Å²) in [5, 5.41) is 0. The average molecular weight is 1180 g/mol. The third-order valence-electron chi connectivity index (χ3n) is 12.3. The molecule has 0 aliphatic rings. The number of esters is 2. The van der Waals surface area contributed by atoms with Crippen molar-refractivity contribution in [3.63, 3.8) is 0 Å². The lowest BCUT2D eigenvalue weighted by Crippen LogP contribution is -2.37. The predicted octanol–water partition coefficient (Wildman–Crippen LogP) is 20.7. The zero-order valence-electron chi connectivity index (χ0n) is 53.0. The van der Waals surface area contributed by atoms with E-state index >= 15 is 0 Å². The van der Waals surface area contributed by atoms with E-state index in [-0.39, 0.29) is 26.1 Å². The van der Waals surface area contributed by atoms with Crippen molar-refractivity contribution in [2.45, 2.75) is 200 Å². The van der Waals surface area contributed by atoms with Gasteiger partial charge >= 0.3 is 19.8 Å². The van der Waals surface area contributed by atoms with Crippen molar-refractivity contribution in [1.82, 2.24) is 0 Å². The van der Waals surface area contributed by atoms with E-state index in [0.717, 1.165) is 154 Å². The summed E-state index contributed by atoms with van der Waals surface area (Å²) in [5.74, 6) is -0.886. The van der Waals surface area contributed by atoms with Crippen LogP contribution in [0.15, 0.2) is 207 Å². The quantitative estimate of drug-likeness (QED) is 0.0211. The monoisotopic (exact) mass is 1180 g/mol. The second-order valence-corrected chi connectivity index (χ2v) is 22.8. The highest BCUT2D eigenvalue weighted by Gasteiger charge is 2.27. The second kappa shape index (κ2) is 62.1. The van der Waals surface area contributed by atoms with Crippen LogP contribution in [0.2, 0.25) is 0 Å². The van der Waals surface area contributed by atoms with Crippen LogP contribution >= 0.6 is 7.82 Å². The van der Waals surface area contributed by atoms with Gasteiger partial charge in [0.1, 0.15) is 19.8 Å². The van der Waals surface area contributed by atoms with E-state index in [9.17, 15) is 19.0 Å². The maximum Gasteiger partial charge on any atom is 0.472 e. The van der Waals surface area contributed by atoms with Gasteiger partial charge in [-0.15, -0.1) is 0 Å². The topological polar surface area (TPSA) is 108 Å². The van der Waals surface area contributed by atoms with E-state index in [1.54, 1.807) is 0 Å². The van der Waals surface area contributed by atoms with Crippen LogP contribution in [0.4, 0.5) is 0 Å². The van der Waals surface area contributed by atoms with Crippen LogP contribution in [0.3, 0.4) is 0 Å². The molecule has 0 aromatic heterocycles. The lowest BCUT2D eigenvalue weighted by Gasteiger charge is -2.24. The van der Waals surface area contributed by atoms with Gasteiger partial charge < -0.3 is 18.9 Å². The lowest BCUT2D eigenvalue weighted by molar-refractivity contribution is -0.870. The first kappa shape index (κ1) is 78.6. The summed E-state index contributed by atoms with van der Waals surface area (Å²) in [6.45, 7) is 4.09. The number of rotatable bonds is 55. The molecular formula is C74H115NO8P+. The Morgan fingerprint density at radius 2 is 0.643 bits per heavy atom. The van der Waals surface area contributed by atoms with Gasteiger partial charge in [0.2, 0.25) is 0 Å². The molecule has 0 heterocycles. The molecule has 0 amide bonds. The summed E-state index contributed by atoms with van der Waals surface area (Å²) in [6.07, 6.45) is 99.0. The molecule has 0 bridgehead atoms. The highest BCUT2D eigenvalue weighted by atomic mass is 31.2. The fourth-order valence-corrected chi connectivity index (χ4v) is 8.23. The Balaban J connectivity index is 4.34. The number of carbonyl (C=O) groups is 2. The zero-order valence-corrected chi connectivity index (χ0v) is 53.9. The highest BCUT2D eigenvalue weighted by Crippen LogP contribution is 2.43. The molecule has 10 heteroatoms. The molecule has 0 aromatic carbocycles. The van der Waals surface area contributed by atoms with E-state index in [4.69, 9.17) is 18.5 Å². The van der Waals surface area contributed by atoms with Gasteiger partial charge in [0.15, 0.2) is 6.10 Å². The third kappa shape index (κ3) is 65.7. The van der Waals surface area contributed by atoms with Crippen molar-refractivity contribution >= 4 is 19.8 Å². The zero-order chi connectivity index (χ0) is 61.2. The molecule has 2 unspecified atom stereocenters. The molecule has 0 aliphatic heterocycles. The average Bonchev–Trinajstić information content (AvgIpc) is 3.61. The largest absolute Gasteiger partial charge is 0.472 e. The number of phosphoric ester groups is 1. The molecule has 84 heavy (non-hydrogen) atoms. The van der Waals surface area contributed by atoms with E-state index in [0.29, 0.717) is 23.9 Å². The van der Waals surface area contributed by atoms with Gasteiger partial charge in [0, 0.05) is 12.8 Å². The van der Waals surface area contributed by atoms with E-state index < -0.39 is 32.5 Å². The Bertz CT molecular complexity index is 2170. The van der Waals surface area contributed by atoms with Crippen molar-refractivity contribution < 1.29 is 42.1 Å². The molecule has 9 nitrogen and oxygen atoms in total. The summed E-state index contributed by atoms with van der Waals surface area (Å²) in [5.41, 5.74) is 0. The second-order valence-electron chi connectivity index (χ2n) is 21.3. The van der Waals surface area contributed by atoms with Crippen molar-refractivity contribution in [3.8, 4) is 0 Å². The van der Waals surface area contributed by atoms with Crippen molar-refractivity contribution in [1.29, 1.82) is 0 Å². The van der Waals surface area contributed by atoms with Gasteiger partial charge in [0.05, 0.1) is 27.7 Å². The molecule has 0 radical (unpaired) electrons. The number of nitrogens with zero attached hydrogens (tertiary/aromatic N) is 1. The minimum Gasteiger partial charge on any atom is -0.462 e. The summed E-state index contributed by atoms with van der Waals surface area (Å²) < 4.78 is 34.5. The van der Waals surface area contributed by atoms with Crippen LogP contribution in [-0.4, -0.2) is 74.9 Å². The molecule has 0 fully saturated rings. The Morgan fingerprint density at radius 1 is 0.369 bits per heavy atom. The molecular weight excluding hydrogens is 1060 g/mol. The first-order valence-corrected chi connectivity index (χ1v) is 33.3. The molecule has 0 saturated carbocycles. The number of phosphoric acid groups is 1. The molecule has 1 N–H and O–H groups in total.